The van der Waals surface area contributed by atoms with Crippen LogP contribution in [0, 0.1) is 13.8 Å². The van der Waals surface area contributed by atoms with E-state index < -0.39 is 16.1 Å². The van der Waals surface area contributed by atoms with Crippen molar-refractivity contribution in [2.75, 3.05) is 7.11 Å². The van der Waals surface area contributed by atoms with Crippen molar-refractivity contribution in [3.8, 4) is 6.01 Å². The first kappa shape index (κ1) is 16.8. The molecule has 0 aliphatic carbocycles. The molecule has 1 atom stereocenters. The Morgan fingerprint density at radius 1 is 1.36 bits per heavy atom. The van der Waals surface area contributed by atoms with E-state index in [0.717, 1.165) is 11.3 Å². The van der Waals surface area contributed by atoms with Gasteiger partial charge in [0.25, 0.3) is 10.0 Å². The normalized spacial score (nSPS) is 13.3. The van der Waals surface area contributed by atoms with E-state index in [2.05, 4.69) is 19.9 Å². The van der Waals surface area contributed by atoms with Crippen molar-refractivity contribution >= 4 is 21.4 Å². The van der Waals surface area contributed by atoms with Gasteiger partial charge in [0.2, 0.25) is 0 Å². The first-order chi connectivity index (χ1) is 10.3. The van der Waals surface area contributed by atoms with Crippen LogP contribution >= 0.6 is 11.3 Å². The Morgan fingerprint density at radius 3 is 2.55 bits per heavy atom. The summed E-state index contributed by atoms with van der Waals surface area (Å²) < 4.78 is 34.7. The van der Waals surface area contributed by atoms with Crippen LogP contribution in [0.15, 0.2) is 4.21 Å². The molecule has 0 amide bonds. The highest BCUT2D eigenvalue weighted by Crippen LogP contribution is 2.25. The lowest BCUT2D eigenvalue weighted by molar-refractivity contribution is 0.354. The van der Waals surface area contributed by atoms with Crippen molar-refractivity contribution < 1.29 is 13.2 Å². The minimum absolute atomic E-state index is 0.228. The summed E-state index contributed by atoms with van der Waals surface area (Å²) in [5.74, 6) is 0.502. The number of methoxy groups -OCH3 is 1. The molecule has 0 aromatic carbocycles. The molecule has 8 nitrogen and oxygen atoms in total. The molecule has 2 heterocycles. The smallest absolute Gasteiger partial charge is 0.316 e. The monoisotopic (exact) mass is 345 g/mol. The molecule has 0 spiro atoms. The van der Waals surface area contributed by atoms with E-state index in [1.807, 2.05) is 6.92 Å². The number of ether oxygens (including phenoxy) is 1. The van der Waals surface area contributed by atoms with E-state index in [4.69, 9.17) is 4.74 Å². The van der Waals surface area contributed by atoms with Gasteiger partial charge in [-0.15, -0.1) is 16.4 Å². The maximum Gasteiger partial charge on any atom is 0.316 e. The third-order valence-electron chi connectivity index (χ3n) is 3.07. The highest BCUT2D eigenvalue weighted by atomic mass is 32.2. The Kier molecular flexibility index (Phi) is 4.83. The lowest BCUT2D eigenvalue weighted by atomic mass is 10.3. The van der Waals surface area contributed by atoms with E-state index in [0.29, 0.717) is 29.1 Å². The van der Waals surface area contributed by atoms with Crippen LogP contribution in [0.3, 0.4) is 0 Å². The molecule has 0 aliphatic rings. The molecule has 2 aromatic rings. The summed E-state index contributed by atoms with van der Waals surface area (Å²) in [5, 5.41) is 8.62. The van der Waals surface area contributed by atoms with Crippen LogP contribution in [0.4, 0.5) is 0 Å². The molecule has 0 unspecified atom stereocenters. The largest absolute Gasteiger partial charge is 0.467 e. The van der Waals surface area contributed by atoms with Crippen LogP contribution in [0.1, 0.15) is 36.4 Å². The summed E-state index contributed by atoms with van der Waals surface area (Å²) >= 11 is 1.15. The van der Waals surface area contributed by atoms with Gasteiger partial charge < -0.3 is 4.74 Å². The number of sulfonamides is 1. The lowest BCUT2D eigenvalue weighted by Crippen LogP contribution is -2.28. The van der Waals surface area contributed by atoms with Gasteiger partial charge in [-0.3, -0.25) is 4.57 Å². The van der Waals surface area contributed by atoms with Gasteiger partial charge in [-0.25, -0.2) is 13.4 Å². The fourth-order valence-corrected chi connectivity index (χ4v) is 4.87. The van der Waals surface area contributed by atoms with E-state index >= 15 is 0 Å². The Hall–Kier alpha value is -1.52. The second-order valence-corrected chi connectivity index (χ2v) is 7.85. The van der Waals surface area contributed by atoms with Crippen LogP contribution in [0.2, 0.25) is 0 Å². The predicted molar refractivity (Wildman–Crippen MR) is 82.6 cm³/mol. The number of nitrogens with zero attached hydrogens (tertiary/aromatic N) is 4. The second kappa shape index (κ2) is 6.31. The van der Waals surface area contributed by atoms with E-state index in [1.54, 1.807) is 25.3 Å². The van der Waals surface area contributed by atoms with Crippen molar-refractivity contribution in [1.29, 1.82) is 0 Å². The molecule has 2 rings (SSSR count). The van der Waals surface area contributed by atoms with E-state index in [-0.39, 0.29) is 4.21 Å². The average molecular weight is 345 g/mol. The summed E-state index contributed by atoms with van der Waals surface area (Å²) in [5.41, 5.74) is 0.497. The van der Waals surface area contributed by atoms with E-state index in [1.165, 1.54) is 7.11 Å². The van der Waals surface area contributed by atoms with Crippen LogP contribution in [-0.4, -0.2) is 35.3 Å². The Balaban J connectivity index is 2.30. The molecule has 2 aromatic heterocycles. The SMILES string of the molecule is CCn1c(OC)nnc1[C@@H](C)NS(=O)(=O)c1sc(C)nc1C. The standard InChI is InChI=1S/C12H19N5O3S2/c1-6-17-10(14-15-12(17)20-5)7(2)16-22(18,19)11-8(3)13-9(4)21-11/h7,16H,6H2,1-5H3/t7-/m1/s1. The first-order valence-electron chi connectivity index (χ1n) is 6.73. The van der Waals surface area contributed by atoms with Crippen molar-refractivity contribution in [2.24, 2.45) is 0 Å². The number of rotatable bonds is 6. The van der Waals surface area contributed by atoms with Gasteiger partial charge in [-0.2, -0.15) is 4.72 Å². The van der Waals surface area contributed by atoms with Crippen LogP contribution in [0.5, 0.6) is 6.01 Å². The summed E-state index contributed by atoms with van der Waals surface area (Å²) in [4.78, 5) is 4.15. The van der Waals surface area contributed by atoms with Gasteiger partial charge >= 0.3 is 6.01 Å². The van der Waals surface area contributed by atoms with Crippen molar-refractivity contribution in [3.05, 3.63) is 16.5 Å². The third kappa shape index (κ3) is 3.13. The highest BCUT2D eigenvalue weighted by molar-refractivity contribution is 7.91. The lowest BCUT2D eigenvalue weighted by Gasteiger charge is -2.14. The van der Waals surface area contributed by atoms with Gasteiger partial charge in [-0.1, -0.05) is 5.10 Å². The van der Waals surface area contributed by atoms with Gasteiger partial charge in [0.05, 0.1) is 23.9 Å². The minimum Gasteiger partial charge on any atom is -0.467 e. The topological polar surface area (TPSA) is 99.0 Å². The van der Waals surface area contributed by atoms with Gasteiger partial charge in [0.1, 0.15) is 0 Å². The van der Waals surface area contributed by atoms with Crippen LogP contribution in [0.25, 0.3) is 0 Å². The number of thiazole rings is 1. The quantitative estimate of drug-likeness (QED) is 0.850. The number of nitrogens with one attached hydrogen (secondary N) is 1. The average Bonchev–Trinajstić information content (AvgIpc) is 3.00. The number of hydrogen-bond acceptors (Lipinski definition) is 7. The summed E-state index contributed by atoms with van der Waals surface area (Å²) in [7, 11) is -2.16. The van der Waals surface area contributed by atoms with Crippen molar-refractivity contribution in [2.45, 2.75) is 44.5 Å². The zero-order valence-electron chi connectivity index (χ0n) is 13.1. The Morgan fingerprint density at radius 2 is 2.05 bits per heavy atom. The Labute approximate surface area is 133 Å². The van der Waals surface area contributed by atoms with E-state index in [9.17, 15) is 8.42 Å². The molecule has 0 radical (unpaired) electrons. The van der Waals surface area contributed by atoms with Crippen LogP contribution in [-0.2, 0) is 16.6 Å². The molecular formula is C12H19N5O3S2. The maximum absolute atomic E-state index is 12.5. The number of aryl methyl sites for hydroxylation is 2. The molecule has 0 saturated heterocycles. The molecular weight excluding hydrogens is 326 g/mol. The third-order valence-corrected chi connectivity index (χ3v) is 6.29. The molecule has 0 aliphatic heterocycles. The minimum atomic E-state index is -3.66. The fraction of sp³-hybridized carbons (Fsp3) is 0.583. The van der Waals surface area contributed by atoms with Crippen molar-refractivity contribution in [3.63, 3.8) is 0 Å². The summed E-state index contributed by atoms with van der Waals surface area (Å²) in [6.07, 6.45) is 0. The Bertz CT molecular complexity index is 766. The second-order valence-electron chi connectivity index (χ2n) is 4.74. The maximum atomic E-state index is 12.5. The molecule has 0 fully saturated rings. The van der Waals surface area contributed by atoms with Crippen LogP contribution < -0.4 is 9.46 Å². The fourth-order valence-electron chi connectivity index (χ4n) is 2.17. The zero-order valence-corrected chi connectivity index (χ0v) is 14.7. The zero-order chi connectivity index (χ0) is 16.5. The molecule has 0 bridgehead atoms. The van der Waals surface area contributed by atoms with Gasteiger partial charge in [-0.05, 0) is 27.7 Å². The molecule has 1 N–H and O–H groups in total. The van der Waals surface area contributed by atoms with Crippen molar-refractivity contribution in [1.82, 2.24) is 24.5 Å². The molecule has 0 saturated carbocycles. The summed E-state index contributed by atoms with van der Waals surface area (Å²) in [6, 6.07) is -0.184. The highest BCUT2D eigenvalue weighted by Gasteiger charge is 2.26. The predicted octanol–water partition coefficient (Wildman–Crippen LogP) is 1.42. The number of hydrogen-bond donors (Lipinski definition) is 1. The molecule has 10 heteroatoms. The molecule has 122 valence electrons. The summed E-state index contributed by atoms with van der Waals surface area (Å²) in [6.45, 7) is 7.67. The number of aromatic nitrogens is 4. The molecule has 22 heavy (non-hydrogen) atoms. The van der Waals surface area contributed by atoms with Gasteiger partial charge in [0.15, 0.2) is 10.0 Å². The first-order valence-corrected chi connectivity index (χ1v) is 9.03. The van der Waals surface area contributed by atoms with Gasteiger partial charge in [0, 0.05) is 6.54 Å².